The van der Waals surface area contributed by atoms with E-state index in [2.05, 4.69) is 15.9 Å². The maximum Gasteiger partial charge on any atom is 0.311 e. The molecule has 5 atom stereocenters. The molecular weight excluding hydrogens is 299 g/mol. The van der Waals surface area contributed by atoms with Crippen molar-refractivity contribution in [2.45, 2.75) is 29.7 Å². The topological polar surface area (TPSA) is 52.6 Å². The Hall–Kier alpha value is -0.290. The van der Waals surface area contributed by atoms with Crippen LogP contribution in [0.15, 0.2) is 0 Å². The summed E-state index contributed by atoms with van der Waals surface area (Å²) in [6.07, 6.45) is 0.326. The lowest BCUT2D eigenvalue weighted by Gasteiger charge is -2.31. The molecule has 16 heavy (non-hydrogen) atoms. The zero-order chi connectivity index (χ0) is 11.9. The van der Waals surface area contributed by atoms with Gasteiger partial charge in [0.1, 0.15) is 6.10 Å². The van der Waals surface area contributed by atoms with E-state index in [4.69, 9.17) is 21.1 Å². The van der Waals surface area contributed by atoms with Gasteiger partial charge in [-0.25, -0.2) is 0 Å². The SMILES string of the molecule is CCOC(=O)[C@H]1[C@H](Cl)[C@@H](Br)[C@H]2C[C@H]1C(=O)O2. The van der Waals surface area contributed by atoms with Crippen LogP contribution in [-0.4, -0.2) is 34.9 Å². The second-order valence-electron chi connectivity index (χ2n) is 3.98. The van der Waals surface area contributed by atoms with Crippen LogP contribution in [0.1, 0.15) is 13.3 Å². The summed E-state index contributed by atoms with van der Waals surface area (Å²) in [5.41, 5.74) is 0. The van der Waals surface area contributed by atoms with Gasteiger partial charge in [0.15, 0.2) is 0 Å². The lowest BCUT2D eigenvalue weighted by atomic mass is 9.79. The highest BCUT2D eigenvalue weighted by atomic mass is 79.9. The largest absolute Gasteiger partial charge is 0.466 e. The minimum absolute atomic E-state index is 0.189. The molecule has 1 heterocycles. The third-order valence-corrected chi connectivity index (χ3v) is 5.06. The highest BCUT2D eigenvalue weighted by molar-refractivity contribution is 9.09. The van der Waals surface area contributed by atoms with Gasteiger partial charge in [-0.2, -0.15) is 0 Å². The van der Waals surface area contributed by atoms with Gasteiger partial charge in [-0.15, -0.1) is 11.6 Å². The van der Waals surface area contributed by atoms with Crippen LogP contribution in [-0.2, 0) is 19.1 Å². The molecule has 0 N–H and O–H groups in total. The van der Waals surface area contributed by atoms with E-state index in [-0.39, 0.29) is 23.5 Å². The maximum absolute atomic E-state index is 11.8. The Morgan fingerprint density at radius 2 is 2.38 bits per heavy atom. The van der Waals surface area contributed by atoms with Crippen molar-refractivity contribution < 1.29 is 19.1 Å². The molecule has 0 radical (unpaired) electrons. The first kappa shape index (κ1) is 12.2. The highest BCUT2D eigenvalue weighted by Gasteiger charge is 2.56. The summed E-state index contributed by atoms with van der Waals surface area (Å²) in [5, 5.41) is -0.464. The van der Waals surface area contributed by atoms with E-state index in [0.717, 1.165) is 0 Å². The minimum atomic E-state index is -0.600. The quantitative estimate of drug-likeness (QED) is 0.572. The van der Waals surface area contributed by atoms with Crippen LogP contribution in [0.4, 0.5) is 0 Å². The first-order chi connectivity index (χ1) is 7.56. The van der Waals surface area contributed by atoms with Crippen molar-refractivity contribution in [3.05, 3.63) is 0 Å². The van der Waals surface area contributed by atoms with Gasteiger partial charge in [-0.1, -0.05) is 15.9 Å². The van der Waals surface area contributed by atoms with Crippen LogP contribution < -0.4 is 0 Å². The number of hydrogen-bond acceptors (Lipinski definition) is 4. The van der Waals surface area contributed by atoms with Crippen molar-refractivity contribution in [3.63, 3.8) is 0 Å². The number of ether oxygens (including phenoxy) is 2. The minimum Gasteiger partial charge on any atom is -0.466 e. The van der Waals surface area contributed by atoms with Crippen molar-refractivity contribution in [1.29, 1.82) is 0 Å². The number of alkyl halides is 2. The first-order valence-electron chi connectivity index (χ1n) is 5.21. The molecule has 1 aliphatic heterocycles. The smallest absolute Gasteiger partial charge is 0.311 e. The summed E-state index contributed by atoms with van der Waals surface area (Å²) in [7, 11) is 0. The normalized spacial score (nSPS) is 41.7. The van der Waals surface area contributed by atoms with Crippen molar-refractivity contribution in [2.75, 3.05) is 6.61 Å². The Kier molecular flexibility index (Phi) is 3.45. The lowest BCUT2D eigenvalue weighted by molar-refractivity contribution is -0.154. The number of carbonyl (C=O) groups is 2. The molecule has 0 amide bonds. The molecule has 2 fully saturated rings. The molecular formula is C10H12BrClO4. The number of hydrogen-bond donors (Lipinski definition) is 0. The van der Waals surface area contributed by atoms with Crippen LogP contribution >= 0.6 is 27.5 Å². The number of rotatable bonds is 2. The average Bonchev–Trinajstić information content (AvgIpc) is 2.56. The zero-order valence-corrected chi connectivity index (χ0v) is 11.0. The van der Waals surface area contributed by atoms with Crippen molar-refractivity contribution in [2.24, 2.45) is 11.8 Å². The monoisotopic (exact) mass is 310 g/mol. The molecule has 0 spiro atoms. The molecule has 1 aliphatic carbocycles. The second-order valence-corrected chi connectivity index (χ2v) is 5.55. The summed E-state index contributed by atoms with van der Waals surface area (Å²) in [5.74, 6) is -1.79. The van der Waals surface area contributed by atoms with Crippen LogP contribution in [0, 0.1) is 11.8 Å². The van der Waals surface area contributed by atoms with Gasteiger partial charge in [0.2, 0.25) is 0 Å². The van der Waals surface area contributed by atoms with E-state index in [1.54, 1.807) is 6.92 Å². The number of halogens is 2. The lowest BCUT2D eigenvalue weighted by Crippen LogP contribution is -2.45. The molecule has 1 saturated carbocycles. The van der Waals surface area contributed by atoms with E-state index >= 15 is 0 Å². The Bertz CT molecular complexity index is 322. The van der Waals surface area contributed by atoms with Gasteiger partial charge < -0.3 is 9.47 Å². The van der Waals surface area contributed by atoms with Gasteiger partial charge in [0, 0.05) is 0 Å². The van der Waals surface area contributed by atoms with Gasteiger partial charge in [0.25, 0.3) is 0 Å². The van der Waals surface area contributed by atoms with Gasteiger partial charge in [-0.3, -0.25) is 9.59 Å². The van der Waals surface area contributed by atoms with Crippen LogP contribution in [0.2, 0.25) is 0 Å². The van der Waals surface area contributed by atoms with E-state index < -0.39 is 23.2 Å². The van der Waals surface area contributed by atoms with Crippen LogP contribution in [0.3, 0.4) is 0 Å². The summed E-state index contributed by atoms with van der Waals surface area (Å²) in [6.45, 7) is 2.02. The van der Waals surface area contributed by atoms with Crippen LogP contribution in [0.5, 0.6) is 0 Å². The predicted molar refractivity (Wildman–Crippen MR) is 60.5 cm³/mol. The fourth-order valence-electron chi connectivity index (χ4n) is 2.28. The zero-order valence-electron chi connectivity index (χ0n) is 8.69. The summed E-state index contributed by atoms with van der Waals surface area (Å²) in [6, 6.07) is 0. The van der Waals surface area contributed by atoms with E-state index in [1.165, 1.54) is 0 Å². The van der Waals surface area contributed by atoms with Gasteiger partial charge in [0.05, 0.1) is 28.6 Å². The Balaban J connectivity index is 2.21. The summed E-state index contributed by atoms with van der Waals surface area (Å²) < 4.78 is 10.1. The number of esters is 2. The second kappa shape index (κ2) is 4.53. The molecule has 2 aliphatic rings. The van der Waals surface area contributed by atoms with Crippen molar-refractivity contribution in [3.8, 4) is 0 Å². The Labute approximate surface area is 107 Å². The van der Waals surface area contributed by atoms with E-state index in [0.29, 0.717) is 6.42 Å². The fraction of sp³-hybridized carbons (Fsp3) is 0.800. The fourth-order valence-corrected chi connectivity index (χ4v) is 3.37. The molecule has 2 bridgehead atoms. The average molecular weight is 312 g/mol. The van der Waals surface area contributed by atoms with Gasteiger partial charge >= 0.3 is 11.9 Å². The molecule has 0 aromatic rings. The van der Waals surface area contributed by atoms with Gasteiger partial charge in [-0.05, 0) is 13.3 Å². The van der Waals surface area contributed by atoms with E-state index in [9.17, 15) is 9.59 Å². The molecule has 0 unspecified atom stereocenters. The summed E-state index contributed by atoms with van der Waals surface area (Å²) >= 11 is 9.56. The first-order valence-corrected chi connectivity index (χ1v) is 6.56. The molecule has 90 valence electrons. The predicted octanol–water partition coefficient (Wildman–Crippen LogP) is 1.48. The molecule has 4 nitrogen and oxygen atoms in total. The number of fused-ring (bicyclic) bond motifs is 2. The Morgan fingerprint density at radius 3 is 3.00 bits per heavy atom. The third kappa shape index (κ3) is 1.84. The number of carbonyl (C=O) groups excluding carboxylic acids is 2. The molecule has 1 saturated heterocycles. The third-order valence-electron chi connectivity index (χ3n) is 3.05. The van der Waals surface area contributed by atoms with E-state index in [1.807, 2.05) is 0 Å². The highest BCUT2D eigenvalue weighted by Crippen LogP contribution is 2.44. The molecule has 0 aromatic heterocycles. The molecule has 0 aromatic carbocycles. The Morgan fingerprint density at radius 1 is 1.69 bits per heavy atom. The van der Waals surface area contributed by atoms with Crippen LogP contribution in [0.25, 0.3) is 0 Å². The van der Waals surface area contributed by atoms with Crippen molar-refractivity contribution in [1.82, 2.24) is 0 Å². The molecule has 2 rings (SSSR count). The standard InChI is InChI=1S/C10H12BrClO4/c1-2-15-10(14)6-4-3-5(16-9(4)13)7(11)8(6)12/h4-8H,2-3H2,1H3/t4-,5-,6-,7+,8+/m1/s1. The van der Waals surface area contributed by atoms with Crippen molar-refractivity contribution >= 4 is 39.5 Å². The molecule has 6 heteroatoms. The summed E-state index contributed by atoms with van der Waals surface area (Å²) in [4.78, 5) is 23.1. The maximum atomic E-state index is 11.8.